The highest BCUT2D eigenvalue weighted by molar-refractivity contribution is 7.99. The van der Waals surface area contributed by atoms with Crippen LogP contribution < -0.4 is 9.71 Å². The first-order chi connectivity index (χ1) is 24.1. The van der Waals surface area contributed by atoms with Crippen LogP contribution >= 0.6 is 0 Å². The van der Waals surface area contributed by atoms with Gasteiger partial charge >= 0.3 is 7.98 Å². The van der Waals surface area contributed by atoms with Crippen LogP contribution in [0.4, 0.5) is 17.1 Å². The quantitative estimate of drug-likeness (QED) is 0.205. The Hall–Kier alpha value is -5.07. The Morgan fingerprint density at radius 2 is 1.58 bits per heavy atom. The molecule has 2 aliphatic carbocycles. The van der Waals surface area contributed by atoms with Crippen LogP contribution in [0, 0.1) is 0 Å². The van der Waals surface area contributed by atoms with Crippen molar-refractivity contribution < 1.29 is 12.9 Å². The molecule has 0 radical (unpaired) electrons. The van der Waals surface area contributed by atoms with E-state index in [1.165, 1.54) is 32.8 Å². The summed E-state index contributed by atoms with van der Waals surface area (Å²) in [5.74, 6) is 0.997. The molecule has 0 spiro atoms. The molecule has 4 aromatic rings. The standard InChI is InChI=1S/C42H40B2N3O2S/c1-42(2)37(46(43)35-24-20-28-12-8-10-16-33(28)39(35)42)26-22-30-18-19-31(41(30)50(48,49)32-14-6-4-5-7-15-32)23-27-38-45(3)40-34-17-11-9-13-29(34)21-25-36(40)47(38)44/h4-6,8-17,20-27H,7,18-19,43-44H2,1-3H3/q+1. The average molecular weight is 672 g/mol. The summed E-state index contributed by atoms with van der Waals surface area (Å²) in [6.45, 7) is 4.53. The molecular weight excluding hydrogens is 632 g/mol. The molecule has 4 aromatic carbocycles. The van der Waals surface area contributed by atoms with Gasteiger partial charge in [0.25, 0.3) is 0 Å². The Labute approximate surface area is 297 Å². The lowest BCUT2D eigenvalue weighted by atomic mass is 9.79. The highest BCUT2D eigenvalue weighted by atomic mass is 32.2. The molecule has 2 aliphatic heterocycles. The van der Waals surface area contributed by atoms with Crippen molar-refractivity contribution in [2.24, 2.45) is 0 Å². The van der Waals surface area contributed by atoms with Crippen LogP contribution in [0.3, 0.4) is 0 Å². The normalized spacial score (nSPS) is 20.3. The van der Waals surface area contributed by atoms with Crippen molar-refractivity contribution in [2.45, 2.75) is 38.5 Å². The van der Waals surface area contributed by atoms with Crippen LogP contribution in [0.5, 0.6) is 0 Å². The van der Waals surface area contributed by atoms with Crippen molar-refractivity contribution in [2.75, 3.05) is 16.8 Å². The van der Waals surface area contributed by atoms with Gasteiger partial charge in [-0.1, -0.05) is 91.1 Å². The van der Waals surface area contributed by atoms with Crippen molar-refractivity contribution in [1.82, 2.24) is 0 Å². The third-order valence-electron chi connectivity index (χ3n) is 10.8. The van der Waals surface area contributed by atoms with E-state index in [0.717, 1.165) is 34.1 Å². The van der Waals surface area contributed by atoms with Gasteiger partial charge in [-0.25, -0.2) is 8.42 Å². The van der Waals surface area contributed by atoms with Crippen LogP contribution in [0.15, 0.2) is 154 Å². The van der Waals surface area contributed by atoms with E-state index in [9.17, 15) is 8.42 Å². The zero-order chi connectivity index (χ0) is 34.8. The van der Waals surface area contributed by atoms with Gasteiger partial charge in [0, 0.05) is 30.1 Å². The Morgan fingerprint density at radius 1 is 0.860 bits per heavy atom. The second-order valence-corrected chi connectivity index (χ2v) is 15.9. The molecule has 8 heteroatoms. The van der Waals surface area contributed by atoms with E-state index >= 15 is 0 Å². The summed E-state index contributed by atoms with van der Waals surface area (Å²) < 4.78 is 31.4. The summed E-state index contributed by atoms with van der Waals surface area (Å²) in [6.07, 6.45) is 19.5. The van der Waals surface area contributed by atoms with Gasteiger partial charge in [-0.2, -0.15) is 0 Å². The Bertz CT molecular complexity index is 2500. The largest absolute Gasteiger partial charge is 0.456 e. The fraction of sp³-hybridized carbons (Fsp3) is 0.167. The van der Waals surface area contributed by atoms with E-state index in [1.807, 2.05) is 30.4 Å². The molecule has 0 aromatic heterocycles. The highest BCUT2D eigenvalue weighted by Gasteiger charge is 2.43. The van der Waals surface area contributed by atoms with E-state index in [-0.39, 0.29) is 5.41 Å². The van der Waals surface area contributed by atoms with E-state index in [1.54, 1.807) is 6.08 Å². The number of hydrogen-bond donors (Lipinski definition) is 0. The maximum Gasteiger partial charge on any atom is 0.456 e. The number of benzene rings is 4. The van der Waals surface area contributed by atoms with Crippen LogP contribution in [-0.2, 0) is 15.3 Å². The number of allylic oxidation sites excluding steroid dienone is 11. The van der Waals surface area contributed by atoms with E-state index < -0.39 is 9.84 Å². The van der Waals surface area contributed by atoms with Crippen molar-refractivity contribution >= 4 is 70.1 Å². The van der Waals surface area contributed by atoms with Gasteiger partial charge in [-0.3, -0.25) is 4.49 Å². The number of anilines is 2. The maximum atomic E-state index is 14.6. The van der Waals surface area contributed by atoms with Crippen molar-refractivity contribution in [3.05, 3.63) is 160 Å². The molecule has 4 aliphatic rings. The number of nitrogens with zero attached hydrogens (tertiary/aromatic N) is 3. The lowest BCUT2D eigenvalue weighted by Gasteiger charge is -2.19. The summed E-state index contributed by atoms with van der Waals surface area (Å²) in [7, 11) is 2.48. The van der Waals surface area contributed by atoms with Crippen LogP contribution in [0.2, 0.25) is 0 Å². The summed E-state index contributed by atoms with van der Waals surface area (Å²) in [5, 5.41) is 4.87. The molecular formula is C42H40B2N3O2S+. The minimum absolute atomic E-state index is 0.266. The molecule has 0 N–H and O–H groups in total. The lowest BCUT2D eigenvalue weighted by molar-refractivity contribution is -0.263. The molecule has 2 heterocycles. The molecule has 246 valence electrons. The minimum Gasteiger partial charge on any atom is -0.379 e. The summed E-state index contributed by atoms with van der Waals surface area (Å²) in [5.41, 5.74) is 7.34. The number of sulfone groups is 1. The van der Waals surface area contributed by atoms with Crippen LogP contribution in [-0.4, -0.2) is 41.6 Å². The van der Waals surface area contributed by atoms with Crippen LogP contribution in [0.1, 0.15) is 38.7 Å². The average Bonchev–Trinajstić information content (AvgIpc) is 3.57. The van der Waals surface area contributed by atoms with E-state index in [0.29, 0.717) is 29.1 Å². The summed E-state index contributed by atoms with van der Waals surface area (Å²) >= 11 is 0. The number of hydrogen-bond acceptors (Lipinski definition) is 4. The molecule has 0 fully saturated rings. The highest BCUT2D eigenvalue weighted by Crippen LogP contribution is 2.46. The molecule has 0 saturated heterocycles. The monoisotopic (exact) mass is 672 g/mol. The third-order valence-corrected chi connectivity index (χ3v) is 12.8. The van der Waals surface area contributed by atoms with Gasteiger partial charge in [-0.15, -0.1) is 0 Å². The Kier molecular flexibility index (Phi) is 7.76. The molecule has 0 atom stereocenters. The fourth-order valence-electron chi connectivity index (χ4n) is 8.34. The van der Waals surface area contributed by atoms with Gasteiger partial charge in [0.05, 0.1) is 32.4 Å². The predicted octanol–water partition coefficient (Wildman–Crippen LogP) is 7.61. The molecule has 0 amide bonds. The minimum atomic E-state index is -3.79. The molecule has 0 saturated carbocycles. The predicted molar refractivity (Wildman–Crippen MR) is 215 cm³/mol. The van der Waals surface area contributed by atoms with Crippen molar-refractivity contribution in [3.63, 3.8) is 0 Å². The summed E-state index contributed by atoms with van der Waals surface area (Å²) in [6, 6.07) is 25.7. The third kappa shape index (κ3) is 4.99. The van der Waals surface area contributed by atoms with Crippen LogP contribution in [0.25, 0.3) is 21.5 Å². The Morgan fingerprint density at radius 3 is 2.38 bits per heavy atom. The molecule has 0 bridgehead atoms. The van der Waals surface area contributed by atoms with Gasteiger partial charge in [0.2, 0.25) is 17.8 Å². The molecule has 8 rings (SSSR count). The molecule has 0 unspecified atom stereocenters. The van der Waals surface area contributed by atoms with E-state index in [2.05, 4.69) is 142 Å². The fourth-order valence-corrected chi connectivity index (χ4v) is 10.2. The Balaban J connectivity index is 1.22. The lowest BCUT2D eigenvalue weighted by Crippen LogP contribution is -2.27. The SMILES string of the molecule is BN1/C(=C\C=C2/CCC(/C=C/C3=[N+](B)c4ccc5ccccc5c4C3(C)C)=C2S(=O)(=O)C2=CCC=CC=C2)N(C)c2c1ccc1ccccc21. The first kappa shape index (κ1) is 32.2. The number of fused-ring (bicyclic) bond motifs is 6. The maximum absolute atomic E-state index is 14.6. The zero-order valence-corrected chi connectivity index (χ0v) is 30.1. The van der Waals surface area contributed by atoms with Gasteiger partial charge < -0.3 is 9.71 Å². The van der Waals surface area contributed by atoms with Gasteiger partial charge in [-0.05, 0) is 84.7 Å². The topological polar surface area (TPSA) is 43.6 Å². The first-order valence-electron chi connectivity index (χ1n) is 17.3. The van der Waals surface area contributed by atoms with E-state index in [4.69, 9.17) is 0 Å². The zero-order valence-electron chi connectivity index (χ0n) is 29.3. The second kappa shape index (κ2) is 12.1. The first-order valence-corrected chi connectivity index (χ1v) is 18.8. The summed E-state index contributed by atoms with van der Waals surface area (Å²) in [4.78, 5) is 5.17. The van der Waals surface area contributed by atoms with Crippen molar-refractivity contribution in [3.8, 4) is 0 Å². The van der Waals surface area contributed by atoms with Gasteiger partial charge in [0.1, 0.15) is 0 Å². The molecule has 50 heavy (non-hydrogen) atoms. The van der Waals surface area contributed by atoms with Crippen molar-refractivity contribution in [1.29, 1.82) is 0 Å². The smallest absolute Gasteiger partial charge is 0.379 e. The molecule has 5 nitrogen and oxygen atoms in total. The number of rotatable bonds is 5. The second-order valence-electron chi connectivity index (χ2n) is 14.1. The van der Waals surface area contributed by atoms with Gasteiger partial charge in [0.15, 0.2) is 11.4 Å².